The zero-order valence-electron chi connectivity index (χ0n) is 16.9. The standard InChI is InChI=1S/C19H29N7OS/c1-4-20-19(21-8-6-5-7-17-23-15(2)14-28-17)25-9-10-26(18(27)13-25)16-11-22-24(3)12-16/h11-12,14H,4-10,13H2,1-3H3,(H,20,21). The molecule has 9 heteroatoms. The lowest BCUT2D eigenvalue weighted by Gasteiger charge is -2.35. The van der Waals surface area contributed by atoms with Gasteiger partial charge in [-0.2, -0.15) is 5.10 Å². The molecule has 1 saturated heterocycles. The molecular formula is C19H29N7OS. The number of piperazine rings is 1. The zero-order chi connectivity index (χ0) is 19.9. The zero-order valence-corrected chi connectivity index (χ0v) is 17.7. The van der Waals surface area contributed by atoms with Gasteiger partial charge in [-0.25, -0.2) is 4.98 Å². The number of guanidine groups is 1. The highest BCUT2D eigenvalue weighted by atomic mass is 32.1. The fourth-order valence-corrected chi connectivity index (χ4v) is 4.01. The molecule has 1 amide bonds. The Morgan fingerprint density at radius 3 is 2.86 bits per heavy atom. The van der Waals surface area contributed by atoms with Crippen LogP contribution in [0, 0.1) is 6.92 Å². The number of aromatic nitrogens is 3. The second-order valence-electron chi connectivity index (χ2n) is 6.91. The van der Waals surface area contributed by atoms with E-state index in [1.165, 1.54) is 5.01 Å². The Hall–Kier alpha value is -2.42. The van der Waals surface area contributed by atoms with Crippen LogP contribution in [0.3, 0.4) is 0 Å². The van der Waals surface area contributed by atoms with Gasteiger partial charge >= 0.3 is 0 Å². The normalized spacial score (nSPS) is 15.4. The minimum Gasteiger partial charge on any atom is -0.357 e. The number of nitrogens with zero attached hydrogens (tertiary/aromatic N) is 6. The minimum atomic E-state index is 0.0731. The third kappa shape index (κ3) is 5.31. The summed E-state index contributed by atoms with van der Waals surface area (Å²) in [4.78, 5) is 25.7. The first-order valence-electron chi connectivity index (χ1n) is 9.80. The largest absolute Gasteiger partial charge is 0.357 e. The van der Waals surface area contributed by atoms with E-state index >= 15 is 0 Å². The molecule has 0 unspecified atom stereocenters. The Labute approximate surface area is 170 Å². The van der Waals surface area contributed by atoms with Crippen LogP contribution in [0.1, 0.15) is 30.5 Å². The molecule has 0 aromatic carbocycles. The maximum atomic E-state index is 12.6. The van der Waals surface area contributed by atoms with Crippen molar-refractivity contribution in [1.82, 2.24) is 25.0 Å². The maximum Gasteiger partial charge on any atom is 0.246 e. The molecule has 152 valence electrons. The average Bonchev–Trinajstić information content (AvgIpc) is 3.28. The fourth-order valence-electron chi connectivity index (χ4n) is 3.19. The average molecular weight is 404 g/mol. The van der Waals surface area contributed by atoms with Crippen molar-refractivity contribution >= 4 is 28.9 Å². The van der Waals surface area contributed by atoms with Gasteiger partial charge in [0.1, 0.15) is 6.54 Å². The minimum absolute atomic E-state index is 0.0731. The molecule has 1 N–H and O–H groups in total. The second-order valence-corrected chi connectivity index (χ2v) is 7.86. The van der Waals surface area contributed by atoms with Gasteiger partial charge in [0.05, 0.1) is 16.9 Å². The molecule has 3 heterocycles. The van der Waals surface area contributed by atoms with E-state index in [-0.39, 0.29) is 5.91 Å². The van der Waals surface area contributed by atoms with Crippen LogP contribution in [0.4, 0.5) is 5.69 Å². The van der Waals surface area contributed by atoms with Gasteiger partial charge in [-0.3, -0.25) is 14.5 Å². The van der Waals surface area contributed by atoms with Crippen LogP contribution in [0.25, 0.3) is 0 Å². The van der Waals surface area contributed by atoms with Gasteiger partial charge in [-0.05, 0) is 33.1 Å². The summed E-state index contributed by atoms with van der Waals surface area (Å²) in [6, 6.07) is 0. The fraction of sp³-hybridized carbons (Fsp3) is 0.579. The van der Waals surface area contributed by atoms with E-state index in [2.05, 4.69) is 20.8 Å². The van der Waals surface area contributed by atoms with E-state index in [0.717, 1.165) is 56.2 Å². The van der Waals surface area contributed by atoms with Gasteiger partial charge in [0.15, 0.2) is 5.96 Å². The molecule has 0 aliphatic carbocycles. The molecule has 2 aromatic heterocycles. The molecule has 1 aliphatic heterocycles. The highest BCUT2D eigenvalue weighted by molar-refractivity contribution is 7.09. The molecule has 0 atom stereocenters. The van der Waals surface area contributed by atoms with Crippen LogP contribution in [-0.4, -0.2) is 64.3 Å². The second kappa shape index (κ2) is 9.68. The topological polar surface area (TPSA) is 78.7 Å². The molecule has 3 rings (SSSR count). The van der Waals surface area contributed by atoms with E-state index in [1.54, 1.807) is 27.1 Å². The summed E-state index contributed by atoms with van der Waals surface area (Å²) < 4.78 is 1.72. The number of aliphatic imine (C=N–C) groups is 1. The van der Waals surface area contributed by atoms with Gasteiger partial charge in [0.2, 0.25) is 5.91 Å². The molecule has 8 nitrogen and oxygen atoms in total. The van der Waals surface area contributed by atoms with Crippen LogP contribution >= 0.6 is 11.3 Å². The van der Waals surface area contributed by atoms with Crippen molar-refractivity contribution in [1.29, 1.82) is 0 Å². The van der Waals surface area contributed by atoms with Crippen LogP contribution in [0.15, 0.2) is 22.8 Å². The molecule has 1 aliphatic rings. The predicted octanol–water partition coefficient (Wildman–Crippen LogP) is 1.82. The molecule has 0 radical (unpaired) electrons. The Balaban J connectivity index is 1.50. The molecular weight excluding hydrogens is 374 g/mol. The first-order chi connectivity index (χ1) is 13.6. The number of rotatable bonds is 7. The molecule has 28 heavy (non-hydrogen) atoms. The van der Waals surface area contributed by atoms with Gasteiger partial charge in [0, 0.05) is 50.5 Å². The van der Waals surface area contributed by atoms with Crippen molar-refractivity contribution in [3.8, 4) is 0 Å². The summed E-state index contributed by atoms with van der Waals surface area (Å²) in [5, 5.41) is 10.8. The summed E-state index contributed by atoms with van der Waals surface area (Å²) in [6.07, 6.45) is 6.70. The van der Waals surface area contributed by atoms with Crippen molar-refractivity contribution < 1.29 is 4.79 Å². The highest BCUT2D eigenvalue weighted by Gasteiger charge is 2.27. The number of carbonyl (C=O) groups is 1. The van der Waals surface area contributed by atoms with Crippen molar-refractivity contribution in [2.75, 3.05) is 37.6 Å². The van der Waals surface area contributed by atoms with Crippen LogP contribution in [-0.2, 0) is 18.3 Å². The van der Waals surface area contributed by atoms with Gasteiger partial charge < -0.3 is 15.1 Å². The first kappa shape index (κ1) is 20.3. The van der Waals surface area contributed by atoms with Gasteiger partial charge in [0.25, 0.3) is 0 Å². The number of hydrogen-bond acceptors (Lipinski definition) is 5. The van der Waals surface area contributed by atoms with Gasteiger partial charge in [-0.15, -0.1) is 11.3 Å². The summed E-state index contributed by atoms with van der Waals surface area (Å²) in [5.41, 5.74) is 1.95. The lowest BCUT2D eigenvalue weighted by molar-refractivity contribution is -0.120. The SMILES string of the molecule is CCNC(=NCCCCc1nc(C)cs1)N1CCN(c2cnn(C)c2)C(=O)C1. The van der Waals surface area contributed by atoms with E-state index < -0.39 is 0 Å². The van der Waals surface area contributed by atoms with Crippen molar-refractivity contribution in [2.24, 2.45) is 12.0 Å². The highest BCUT2D eigenvalue weighted by Crippen LogP contribution is 2.16. The number of unbranched alkanes of at least 4 members (excludes halogenated alkanes) is 1. The van der Waals surface area contributed by atoms with Crippen LogP contribution in [0.5, 0.6) is 0 Å². The Kier molecular flexibility index (Phi) is 7.02. The summed E-state index contributed by atoms with van der Waals surface area (Å²) in [6.45, 7) is 7.34. The predicted molar refractivity (Wildman–Crippen MR) is 113 cm³/mol. The molecule has 0 saturated carbocycles. The first-order valence-corrected chi connectivity index (χ1v) is 10.7. The lowest BCUT2D eigenvalue weighted by Crippen LogP contribution is -2.55. The van der Waals surface area contributed by atoms with E-state index in [4.69, 9.17) is 4.99 Å². The summed E-state index contributed by atoms with van der Waals surface area (Å²) in [7, 11) is 1.86. The summed E-state index contributed by atoms with van der Waals surface area (Å²) in [5.74, 6) is 0.899. The van der Waals surface area contributed by atoms with Crippen molar-refractivity contribution in [3.05, 3.63) is 28.5 Å². The molecule has 1 fully saturated rings. The number of anilines is 1. The van der Waals surface area contributed by atoms with Crippen LogP contribution < -0.4 is 10.2 Å². The monoisotopic (exact) mass is 403 g/mol. The summed E-state index contributed by atoms with van der Waals surface area (Å²) >= 11 is 1.73. The van der Waals surface area contributed by atoms with E-state index in [0.29, 0.717) is 13.1 Å². The van der Waals surface area contributed by atoms with Crippen LogP contribution in [0.2, 0.25) is 0 Å². The third-order valence-electron chi connectivity index (χ3n) is 4.58. The van der Waals surface area contributed by atoms with E-state index in [1.807, 2.05) is 32.0 Å². The third-order valence-corrected chi connectivity index (χ3v) is 5.61. The number of nitrogens with one attached hydrogen (secondary N) is 1. The van der Waals surface area contributed by atoms with Gasteiger partial charge in [-0.1, -0.05) is 0 Å². The number of thiazole rings is 1. The lowest BCUT2D eigenvalue weighted by atomic mass is 10.2. The van der Waals surface area contributed by atoms with Crippen molar-refractivity contribution in [2.45, 2.75) is 33.1 Å². The Bertz CT molecular complexity index is 813. The number of amides is 1. The van der Waals surface area contributed by atoms with Crippen molar-refractivity contribution in [3.63, 3.8) is 0 Å². The number of hydrogen-bond donors (Lipinski definition) is 1. The number of carbonyl (C=O) groups excluding carboxylic acids is 1. The number of aryl methyl sites for hydroxylation is 3. The Morgan fingerprint density at radius 1 is 1.36 bits per heavy atom. The molecule has 0 spiro atoms. The quantitative estimate of drug-likeness (QED) is 0.433. The maximum absolute atomic E-state index is 12.6. The smallest absolute Gasteiger partial charge is 0.246 e. The molecule has 0 bridgehead atoms. The van der Waals surface area contributed by atoms with E-state index in [9.17, 15) is 4.79 Å². The molecule has 2 aromatic rings. The Morgan fingerprint density at radius 2 is 2.21 bits per heavy atom.